The third-order valence-corrected chi connectivity index (χ3v) is 2.39. The quantitative estimate of drug-likeness (QED) is 0.340. The SMILES string of the molecule is CCc1c(C(N)=NO)oc2ccccc12. The second kappa shape index (κ2) is 3.65. The van der Waals surface area contributed by atoms with Crippen molar-refractivity contribution in [2.24, 2.45) is 10.9 Å². The number of hydrogen-bond acceptors (Lipinski definition) is 3. The zero-order chi connectivity index (χ0) is 10.8. The van der Waals surface area contributed by atoms with Gasteiger partial charge in [-0.1, -0.05) is 30.3 Å². The number of hydrogen-bond donors (Lipinski definition) is 2. The van der Waals surface area contributed by atoms with Crippen molar-refractivity contribution in [1.82, 2.24) is 0 Å². The van der Waals surface area contributed by atoms with Gasteiger partial charge in [-0.15, -0.1) is 0 Å². The monoisotopic (exact) mass is 204 g/mol. The molecule has 0 aliphatic carbocycles. The fourth-order valence-electron chi connectivity index (χ4n) is 1.70. The van der Waals surface area contributed by atoms with Gasteiger partial charge in [0.15, 0.2) is 5.76 Å². The molecule has 0 radical (unpaired) electrons. The molecule has 0 atom stereocenters. The van der Waals surface area contributed by atoms with Gasteiger partial charge >= 0.3 is 0 Å². The molecule has 0 bridgehead atoms. The van der Waals surface area contributed by atoms with Crippen molar-refractivity contribution < 1.29 is 9.62 Å². The smallest absolute Gasteiger partial charge is 0.206 e. The van der Waals surface area contributed by atoms with Gasteiger partial charge in [-0.3, -0.25) is 0 Å². The Kier molecular flexibility index (Phi) is 2.33. The van der Waals surface area contributed by atoms with E-state index >= 15 is 0 Å². The molecule has 15 heavy (non-hydrogen) atoms. The van der Waals surface area contributed by atoms with Crippen LogP contribution in [0.3, 0.4) is 0 Å². The van der Waals surface area contributed by atoms with Crippen LogP contribution >= 0.6 is 0 Å². The molecular weight excluding hydrogens is 192 g/mol. The number of furan rings is 1. The zero-order valence-corrected chi connectivity index (χ0v) is 8.40. The number of benzene rings is 1. The summed E-state index contributed by atoms with van der Waals surface area (Å²) in [7, 11) is 0. The number of oxime groups is 1. The van der Waals surface area contributed by atoms with Crippen LogP contribution in [0.4, 0.5) is 0 Å². The summed E-state index contributed by atoms with van der Waals surface area (Å²) in [4.78, 5) is 0. The van der Waals surface area contributed by atoms with Crippen molar-refractivity contribution in [1.29, 1.82) is 0 Å². The average molecular weight is 204 g/mol. The van der Waals surface area contributed by atoms with Crippen molar-refractivity contribution in [2.75, 3.05) is 0 Å². The molecular formula is C11H12N2O2. The van der Waals surface area contributed by atoms with E-state index in [4.69, 9.17) is 15.4 Å². The van der Waals surface area contributed by atoms with Gasteiger partial charge in [0, 0.05) is 10.9 Å². The van der Waals surface area contributed by atoms with Crippen LogP contribution in [-0.2, 0) is 6.42 Å². The second-order valence-corrected chi connectivity index (χ2v) is 3.24. The molecule has 0 unspecified atom stereocenters. The molecule has 1 aromatic heterocycles. The van der Waals surface area contributed by atoms with E-state index < -0.39 is 0 Å². The van der Waals surface area contributed by atoms with Crippen LogP contribution < -0.4 is 5.73 Å². The standard InChI is InChI=1S/C11H12N2O2/c1-2-7-8-5-3-4-6-9(8)15-10(7)11(12)13-14/h3-6,14H,2H2,1H3,(H2,12,13). The number of para-hydroxylation sites is 1. The number of fused-ring (bicyclic) bond motifs is 1. The molecule has 0 aliphatic heterocycles. The van der Waals surface area contributed by atoms with E-state index in [2.05, 4.69) is 5.16 Å². The van der Waals surface area contributed by atoms with E-state index in [-0.39, 0.29) is 5.84 Å². The lowest BCUT2D eigenvalue weighted by atomic mass is 10.1. The maximum Gasteiger partial charge on any atom is 0.206 e. The van der Waals surface area contributed by atoms with Crippen molar-refractivity contribution in [3.05, 3.63) is 35.6 Å². The Balaban J connectivity index is 2.75. The first-order valence-electron chi connectivity index (χ1n) is 4.76. The number of rotatable bonds is 2. The summed E-state index contributed by atoms with van der Waals surface area (Å²) in [6.07, 6.45) is 0.780. The van der Waals surface area contributed by atoms with Crippen LogP contribution in [0, 0.1) is 0 Å². The first kappa shape index (κ1) is 9.58. The fourth-order valence-corrected chi connectivity index (χ4v) is 1.70. The minimum atomic E-state index is 0.0167. The lowest BCUT2D eigenvalue weighted by Crippen LogP contribution is -2.13. The van der Waals surface area contributed by atoms with E-state index in [0.29, 0.717) is 5.76 Å². The summed E-state index contributed by atoms with van der Waals surface area (Å²) in [5, 5.41) is 12.6. The average Bonchev–Trinajstić information content (AvgIpc) is 2.66. The van der Waals surface area contributed by atoms with E-state index in [9.17, 15) is 0 Å². The van der Waals surface area contributed by atoms with Crippen LogP contribution in [0.25, 0.3) is 11.0 Å². The van der Waals surface area contributed by atoms with E-state index in [0.717, 1.165) is 23.0 Å². The topological polar surface area (TPSA) is 71.8 Å². The first-order valence-corrected chi connectivity index (χ1v) is 4.76. The molecule has 0 amide bonds. The highest BCUT2D eigenvalue weighted by molar-refractivity contribution is 6.01. The highest BCUT2D eigenvalue weighted by atomic mass is 16.4. The second-order valence-electron chi connectivity index (χ2n) is 3.24. The minimum Gasteiger partial charge on any atom is -0.452 e. The van der Waals surface area contributed by atoms with E-state index in [1.165, 1.54) is 0 Å². The van der Waals surface area contributed by atoms with Gasteiger partial charge in [0.25, 0.3) is 0 Å². The Morgan fingerprint density at radius 2 is 2.20 bits per heavy atom. The largest absolute Gasteiger partial charge is 0.452 e. The molecule has 78 valence electrons. The normalized spacial score (nSPS) is 12.2. The lowest BCUT2D eigenvalue weighted by molar-refractivity contribution is 0.317. The molecule has 3 N–H and O–H groups in total. The van der Waals surface area contributed by atoms with Gasteiger partial charge in [-0.05, 0) is 12.5 Å². The van der Waals surface area contributed by atoms with Crippen LogP contribution in [0.2, 0.25) is 0 Å². The molecule has 0 fully saturated rings. The van der Waals surface area contributed by atoms with Gasteiger partial charge in [0.1, 0.15) is 5.58 Å². The molecule has 4 nitrogen and oxygen atoms in total. The molecule has 2 rings (SSSR count). The fraction of sp³-hybridized carbons (Fsp3) is 0.182. The van der Waals surface area contributed by atoms with Crippen molar-refractivity contribution in [2.45, 2.75) is 13.3 Å². The Hall–Kier alpha value is -1.97. The molecule has 0 saturated carbocycles. The third-order valence-electron chi connectivity index (χ3n) is 2.39. The van der Waals surface area contributed by atoms with Gasteiger partial charge in [-0.25, -0.2) is 0 Å². The predicted molar refractivity (Wildman–Crippen MR) is 58.1 cm³/mol. The van der Waals surface area contributed by atoms with E-state index in [1.807, 2.05) is 31.2 Å². The Morgan fingerprint density at radius 3 is 2.87 bits per heavy atom. The molecule has 0 spiro atoms. The molecule has 0 aliphatic rings. The number of aryl methyl sites for hydroxylation is 1. The van der Waals surface area contributed by atoms with Crippen molar-refractivity contribution >= 4 is 16.8 Å². The van der Waals surface area contributed by atoms with Gasteiger partial charge in [0.2, 0.25) is 5.84 Å². The highest BCUT2D eigenvalue weighted by Gasteiger charge is 2.15. The minimum absolute atomic E-state index is 0.0167. The zero-order valence-electron chi connectivity index (χ0n) is 8.40. The molecule has 4 heteroatoms. The van der Waals surface area contributed by atoms with Crippen molar-refractivity contribution in [3.8, 4) is 0 Å². The van der Waals surface area contributed by atoms with Crippen LogP contribution in [-0.4, -0.2) is 11.0 Å². The summed E-state index contributed by atoms with van der Waals surface area (Å²) in [6, 6.07) is 7.66. The first-order chi connectivity index (χ1) is 7.27. The van der Waals surface area contributed by atoms with Gasteiger partial charge in [0.05, 0.1) is 0 Å². The van der Waals surface area contributed by atoms with Crippen LogP contribution in [0.15, 0.2) is 33.8 Å². The summed E-state index contributed by atoms with van der Waals surface area (Å²) in [6.45, 7) is 2.01. The van der Waals surface area contributed by atoms with Gasteiger partial charge < -0.3 is 15.4 Å². The van der Waals surface area contributed by atoms with Crippen molar-refractivity contribution in [3.63, 3.8) is 0 Å². The predicted octanol–water partition coefficient (Wildman–Crippen LogP) is 2.09. The molecule has 2 aromatic rings. The summed E-state index contributed by atoms with van der Waals surface area (Å²) < 4.78 is 5.53. The molecule has 1 heterocycles. The van der Waals surface area contributed by atoms with E-state index in [1.54, 1.807) is 0 Å². The lowest BCUT2D eigenvalue weighted by Gasteiger charge is -1.96. The molecule has 0 saturated heterocycles. The number of amidine groups is 1. The summed E-state index contributed by atoms with van der Waals surface area (Å²) in [5.41, 5.74) is 7.27. The number of nitrogens with zero attached hydrogens (tertiary/aromatic N) is 1. The highest BCUT2D eigenvalue weighted by Crippen LogP contribution is 2.25. The Morgan fingerprint density at radius 1 is 1.47 bits per heavy atom. The Bertz CT molecular complexity index is 514. The molecule has 1 aromatic carbocycles. The summed E-state index contributed by atoms with van der Waals surface area (Å²) >= 11 is 0. The third kappa shape index (κ3) is 1.44. The van der Waals surface area contributed by atoms with Gasteiger partial charge in [-0.2, -0.15) is 0 Å². The summed E-state index contributed by atoms with van der Waals surface area (Å²) in [5.74, 6) is 0.476. The number of nitrogens with two attached hydrogens (primary N) is 1. The Labute approximate surface area is 87.0 Å². The maximum absolute atomic E-state index is 8.64. The van der Waals surface area contributed by atoms with Crippen LogP contribution in [0.1, 0.15) is 18.2 Å². The maximum atomic E-state index is 8.64. The van der Waals surface area contributed by atoms with Crippen LogP contribution in [0.5, 0.6) is 0 Å².